The number of aromatic nitrogens is 2. The fourth-order valence-corrected chi connectivity index (χ4v) is 4.89. The number of hydrogen-bond acceptors (Lipinski definition) is 6. The number of fused-ring (bicyclic) bond motifs is 1. The lowest BCUT2D eigenvalue weighted by atomic mass is 9.95. The monoisotopic (exact) mass is 471 g/mol. The van der Waals surface area contributed by atoms with Crippen molar-refractivity contribution in [2.24, 2.45) is 0 Å². The minimum absolute atomic E-state index is 0.0850. The first-order chi connectivity index (χ1) is 15.6. The molecule has 0 bridgehead atoms. The Labute approximate surface area is 201 Å². The molecule has 1 aliphatic carbocycles. The molecule has 2 N–H and O–H groups in total. The van der Waals surface area contributed by atoms with Gasteiger partial charge in [-0.1, -0.05) is 30.7 Å². The summed E-state index contributed by atoms with van der Waals surface area (Å²) in [4.78, 5) is 26.7. The van der Waals surface area contributed by atoms with E-state index in [9.17, 15) is 9.90 Å². The molecule has 0 spiro atoms. The number of carbonyl (C=O) groups is 1. The first kappa shape index (κ1) is 23.9. The second kappa shape index (κ2) is 9.57. The van der Waals surface area contributed by atoms with E-state index in [1.54, 1.807) is 6.33 Å². The fraction of sp³-hybridized carbons (Fsp3) is 0.560. The van der Waals surface area contributed by atoms with Crippen LogP contribution in [0.15, 0.2) is 30.6 Å². The average Bonchev–Trinajstić information content (AvgIpc) is 3.08. The highest BCUT2D eigenvalue weighted by atomic mass is 35.5. The van der Waals surface area contributed by atoms with Gasteiger partial charge in [-0.15, -0.1) is 0 Å². The Morgan fingerprint density at radius 1 is 1.18 bits per heavy atom. The van der Waals surface area contributed by atoms with Crippen LogP contribution in [-0.4, -0.2) is 64.1 Å². The number of amides is 1. The number of carbonyl (C=O) groups excluding carboxylic acids is 1. The third kappa shape index (κ3) is 5.31. The lowest BCUT2D eigenvalue weighted by molar-refractivity contribution is -0.133. The minimum Gasteiger partial charge on any atom is -0.387 e. The van der Waals surface area contributed by atoms with Gasteiger partial charge in [0, 0.05) is 48.8 Å². The molecule has 33 heavy (non-hydrogen) atoms. The topological polar surface area (TPSA) is 81.6 Å². The second-order valence-electron chi connectivity index (χ2n) is 10.2. The van der Waals surface area contributed by atoms with Crippen LogP contribution in [0.3, 0.4) is 0 Å². The molecule has 1 fully saturated rings. The molecular weight excluding hydrogens is 438 g/mol. The quantitative estimate of drug-likeness (QED) is 0.694. The molecule has 1 saturated heterocycles. The van der Waals surface area contributed by atoms with E-state index in [1.165, 1.54) is 0 Å². The number of hydrogen-bond donors (Lipinski definition) is 2. The lowest BCUT2D eigenvalue weighted by Crippen LogP contribution is -2.52. The van der Waals surface area contributed by atoms with Gasteiger partial charge < -0.3 is 20.2 Å². The van der Waals surface area contributed by atoms with E-state index >= 15 is 0 Å². The van der Waals surface area contributed by atoms with E-state index in [1.807, 2.05) is 29.2 Å². The predicted octanol–water partition coefficient (Wildman–Crippen LogP) is 3.49. The smallest absolute Gasteiger partial charge is 0.231 e. The number of nitrogens with zero attached hydrogens (tertiary/aromatic N) is 4. The summed E-state index contributed by atoms with van der Waals surface area (Å²) in [6, 6.07) is 7.58. The molecule has 4 rings (SSSR count). The molecule has 1 unspecified atom stereocenters. The molecule has 1 aromatic heterocycles. The molecule has 178 valence electrons. The van der Waals surface area contributed by atoms with Crippen molar-refractivity contribution < 1.29 is 9.90 Å². The van der Waals surface area contributed by atoms with Crippen molar-refractivity contribution >= 4 is 23.3 Å². The van der Waals surface area contributed by atoms with Crippen molar-refractivity contribution in [2.75, 3.05) is 37.6 Å². The van der Waals surface area contributed by atoms with Gasteiger partial charge in [0.15, 0.2) is 0 Å². The van der Waals surface area contributed by atoms with E-state index in [-0.39, 0.29) is 23.3 Å². The highest BCUT2D eigenvalue weighted by Gasteiger charge is 2.35. The van der Waals surface area contributed by atoms with Crippen molar-refractivity contribution in [2.45, 2.75) is 57.6 Å². The van der Waals surface area contributed by atoms with Crippen LogP contribution >= 0.6 is 11.6 Å². The van der Waals surface area contributed by atoms with Crippen LogP contribution in [-0.2, 0) is 4.79 Å². The predicted molar refractivity (Wildman–Crippen MR) is 131 cm³/mol. The maximum Gasteiger partial charge on any atom is 0.231 e. The molecule has 0 radical (unpaired) electrons. The van der Waals surface area contributed by atoms with Crippen LogP contribution in [0, 0.1) is 0 Å². The van der Waals surface area contributed by atoms with Crippen molar-refractivity contribution in [3.63, 3.8) is 0 Å². The van der Waals surface area contributed by atoms with Crippen molar-refractivity contribution in [1.82, 2.24) is 20.2 Å². The zero-order valence-corrected chi connectivity index (χ0v) is 20.6. The number of aliphatic hydroxyl groups excluding tert-OH is 1. The molecule has 3 atom stereocenters. The van der Waals surface area contributed by atoms with Crippen LogP contribution < -0.4 is 10.2 Å². The summed E-state index contributed by atoms with van der Waals surface area (Å²) in [6.07, 6.45) is 1.71. The summed E-state index contributed by atoms with van der Waals surface area (Å²) in [7, 11) is 0. The number of halogens is 1. The van der Waals surface area contributed by atoms with Gasteiger partial charge in [0.25, 0.3) is 0 Å². The Bertz CT molecular complexity index is 983. The third-order valence-corrected chi connectivity index (χ3v) is 6.83. The van der Waals surface area contributed by atoms with Crippen molar-refractivity contribution in [1.29, 1.82) is 0 Å². The molecule has 1 amide bonds. The van der Waals surface area contributed by atoms with E-state index in [4.69, 9.17) is 11.6 Å². The van der Waals surface area contributed by atoms with E-state index in [2.05, 4.69) is 47.9 Å². The standard InChI is InChI=1S/C25H34ClN5O2/c1-16-13-20(32)22-21(16)23(28-15-27-22)30-9-11-31(12-10-30)24(33)19(14-29-25(2,3)4)17-5-7-18(26)8-6-17/h5-8,15-16,19-20,29,32H,9-14H2,1-4H3/t16?,19-,20+/m0/s1. The Kier molecular flexibility index (Phi) is 6.93. The van der Waals surface area contributed by atoms with Gasteiger partial charge >= 0.3 is 0 Å². The summed E-state index contributed by atoms with van der Waals surface area (Å²) < 4.78 is 0. The summed E-state index contributed by atoms with van der Waals surface area (Å²) in [5, 5.41) is 14.5. The molecule has 7 nitrogen and oxygen atoms in total. The normalized spacial score (nSPS) is 21.8. The molecular formula is C25H34ClN5O2. The van der Waals surface area contributed by atoms with E-state index < -0.39 is 6.10 Å². The van der Waals surface area contributed by atoms with Gasteiger partial charge in [0.05, 0.1) is 17.7 Å². The van der Waals surface area contributed by atoms with Gasteiger partial charge in [-0.2, -0.15) is 0 Å². The molecule has 8 heteroatoms. The number of rotatable bonds is 5. The first-order valence-electron chi connectivity index (χ1n) is 11.7. The van der Waals surface area contributed by atoms with Crippen LogP contribution in [0.2, 0.25) is 5.02 Å². The van der Waals surface area contributed by atoms with Gasteiger partial charge in [-0.3, -0.25) is 4.79 Å². The maximum absolute atomic E-state index is 13.6. The summed E-state index contributed by atoms with van der Waals surface area (Å²) in [5.41, 5.74) is 2.69. The summed E-state index contributed by atoms with van der Waals surface area (Å²) >= 11 is 6.09. The second-order valence-corrected chi connectivity index (χ2v) is 10.6. The van der Waals surface area contributed by atoms with Crippen LogP contribution in [0.1, 0.15) is 68.9 Å². The van der Waals surface area contributed by atoms with Gasteiger partial charge in [0.2, 0.25) is 5.91 Å². The van der Waals surface area contributed by atoms with Gasteiger partial charge in [0.1, 0.15) is 12.1 Å². The first-order valence-corrected chi connectivity index (χ1v) is 12.1. The lowest BCUT2D eigenvalue weighted by Gasteiger charge is -2.38. The number of nitrogens with one attached hydrogen (secondary N) is 1. The number of anilines is 1. The number of aliphatic hydroxyl groups is 1. The minimum atomic E-state index is -0.518. The SMILES string of the molecule is CC1C[C@@H](O)c2ncnc(N3CCN(C(=O)[C@@H](CNC(C)(C)C)c4ccc(Cl)cc4)CC3)c21. The van der Waals surface area contributed by atoms with Crippen LogP contribution in [0.4, 0.5) is 5.82 Å². The molecule has 0 saturated carbocycles. The van der Waals surface area contributed by atoms with Crippen LogP contribution in [0.5, 0.6) is 0 Å². The largest absolute Gasteiger partial charge is 0.387 e. The zero-order valence-electron chi connectivity index (χ0n) is 19.9. The van der Waals surface area contributed by atoms with Crippen LogP contribution in [0.25, 0.3) is 0 Å². The van der Waals surface area contributed by atoms with E-state index in [0.29, 0.717) is 44.2 Å². The fourth-order valence-electron chi connectivity index (χ4n) is 4.76. The highest BCUT2D eigenvalue weighted by Crippen LogP contribution is 2.42. The molecule has 2 aliphatic rings. The van der Waals surface area contributed by atoms with Crippen molar-refractivity contribution in [3.8, 4) is 0 Å². The third-order valence-electron chi connectivity index (χ3n) is 6.58. The number of benzene rings is 1. The maximum atomic E-state index is 13.6. The Hall–Kier alpha value is -2.22. The summed E-state index contributed by atoms with van der Waals surface area (Å²) in [6.45, 7) is 11.7. The Morgan fingerprint density at radius 2 is 1.85 bits per heavy atom. The molecule has 2 aromatic rings. The summed E-state index contributed by atoms with van der Waals surface area (Å²) in [5.74, 6) is 0.986. The van der Waals surface area contributed by atoms with E-state index in [0.717, 1.165) is 22.6 Å². The molecule has 2 heterocycles. The highest BCUT2D eigenvalue weighted by molar-refractivity contribution is 6.30. The Balaban J connectivity index is 1.48. The average molecular weight is 472 g/mol. The van der Waals surface area contributed by atoms with Gasteiger partial charge in [-0.25, -0.2) is 9.97 Å². The zero-order chi connectivity index (χ0) is 23.8. The number of piperazine rings is 1. The van der Waals surface area contributed by atoms with Crippen molar-refractivity contribution in [3.05, 3.63) is 52.4 Å². The molecule has 1 aromatic carbocycles. The molecule has 1 aliphatic heterocycles. The van der Waals surface area contributed by atoms with Gasteiger partial charge in [-0.05, 0) is 50.8 Å². The Morgan fingerprint density at radius 3 is 2.48 bits per heavy atom.